The fourth-order valence-electron chi connectivity index (χ4n) is 1.93. The van der Waals surface area contributed by atoms with E-state index in [-0.39, 0.29) is 25.6 Å². The SMILES string of the molecule is COCC(CO)OC(COC)C(CO)OC(=O)SCC(NC(C)=O)C(=O)O. The monoisotopic (exact) mass is 413 g/mol. The predicted molar refractivity (Wildman–Crippen MR) is 94.6 cm³/mol. The molecule has 0 radical (unpaired) electrons. The lowest BCUT2D eigenvalue weighted by atomic mass is 10.2. The molecule has 4 unspecified atom stereocenters. The predicted octanol–water partition coefficient (Wildman–Crippen LogP) is -1.15. The maximum atomic E-state index is 12.0. The Morgan fingerprint density at radius 2 is 1.67 bits per heavy atom. The Hall–Kier alpha value is -1.44. The number of methoxy groups -OCH3 is 2. The number of ether oxygens (including phenoxy) is 4. The molecule has 0 aliphatic carbocycles. The van der Waals surface area contributed by atoms with E-state index in [1.165, 1.54) is 14.2 Å². The molecule has 12 heteroatoms. The first-order valence-corrected chi connectivity index (χ1v) is 8.95. The number of carbonyl (C=O) groups excluding carboxylic acids is 2. The molecule has 27 heavy (non-hydrogen) atoms. The van der Waals surface area contributed by atoms with Crippen molar-refractivity contribution < 1.29 is 48.7 Å². The van der Waals surface area contributed by atoms with E-state index in [0.29, 0.717) is 11.8 Å². The zero-order valence-electron chi connectivity index (χ0n) is 15.5. The van der Waals surface area contributed by atoms with Gasteiger partial charge in [0.15, 0.2) is 6.10 Å². The highest BCUT2D eigenvalue weighted by Gasteiger charge is 2.29. The van der Waals surface area contributed by atoms with E-state index < -0.39 is 48.1 Å². The van der Waals surface area contributed by atoms with Crippen LogP contribution in [0.2, 0.25) is 0 Å². The van der Waals surface area contributed by atoms with Gasteiger partial charge in [-0.25, -0.2) is 9.59 Å². The fraction of sp³-hybridized carbons (Fsp3) is 0.800. The second kappa shape index (κ2) is 14.6. The highest BCUT2D eigenvalue weighted by molar-refractivity contribution is 8.13. The summed E-state index contributed by atoms with van der Waals surface area (Å²) in [7, 11) is 2.81. The summed E-state index contributed by atoms with van der Waals surface area (Å²) in [5, 5.41) is 29.1. The minimum Gasteiger partial charge on any atom is -0.480 e. The van der Waals surface area contributed by atoms with Gasteiger partial charge in [0.1, 0.15) is 18.2 Å². The van der Waals surface area contributed by atoms with Crippen molar-refractivity contribution >= 4 is 28.9 Å². The van der Waals surface area contributed by atoms with E-state index in [1.807, 2.05) is 0 Å². The summed E-state index contributed by atoms with van der Waals surface area (Å²) in [4.78, 5) is 34.0. The van der Waals surface area contributed by atoms with Crippen LogP contribution in [0.4, 0.5) is 4.79 Å². The molecule has 4 N–H and O–H groups in total. The van der Waals surface area contributed by atoms with Gasteiger partial charge < -0.3 is 39.6 Å². The molecule has 0 fully saturated rings. The van der Waals surface area contributed by atoms with E-state index in [9.17, 15) is 24.6 Å². The van der Waals surface area contributed by atoms with Gasteiger partial charge in [0.2, 0.25) is 5.91 Å². The van der Waals surface area contributed by atoms with Crippen LogP contribution in [-0.2, 0) is 28.5 Å². The van der Waals surface area contributed by atoms with Crippen molar-refractivity contribution in [2.45, 2.75) is 31.3 Å². The molecule has 0 bridgehead atoms. The van der Waals surface area contributed by atoms with Gasteiger partial charge in [-0.2, -0.15) is 0 Å². The third-order valence-electron chi connectivity index (χ3n) is 3.14. The lowest BCUT2D eigenvalue weighted by molar-refractivity contribution is -0.140. The van der Waals surface area contributed by atoms with Gasteiger partial charge in [-0.15, -0.1) is 0 Å². The Kier molecular flexibility index (Phi) is 13.8. The van der Waals surface area contributed by atoms with Gasteiger partial charge in [0.05, 0.1) is 26.4 Å². The van der Waals surface area contributed by atoms with E-state index in [1.54, 1.807) is 0 Å². The third-order valence-corrected chi connectivity index (χ3v) is 3.97. The zero-order valence-corrected chi connectivity index (χ0v) is 16.3. The Labute approximate surface area is 161 Å². The quantitative estimate of drug-likeness (QED) is 0.254. The van der Waals surface area contributed by atoms with E-state index in [2.05, 4.69) is 5.32 Å². The number of aliphatic hydroxyl groups excluding tert-OH is 2. The number of carbonyl (C=O) groups is 3. The minimum absolute atomic E-state index is 0.0347. The average molecular weight is 413 g/mol. The van der Waals surface area contributed by atoms with Crippen LogP contribution in [0.25, 0.3) is 0 Å². The van der Waals surface area contributed by atoms with E-state index >= 15 is 0 Å². The van der Waals surface area contributed by atoms with Crippen LogP contribution in [-0.4, -0.2) is 103 Å². The first-order chi connectivity index (χ1) is 12.8. The summed E-state index contributed by atoms with van der Waals surface area (Å²) in [6.07, 6.45) is -2.71. The number of hydrogen-bond donors (Lipinski definition) is 4. The van der Waals surface area contributed by atoms with Crippen LogP contribution in [0.1, 0.15) is 6.92 Å². The number of carboxylic acid groups (broad SMARTS) is 1. The molecule has 11 nitrogen and oxygen atoms in total. The van der Waals surface area contributed by atoms with Gasteiger partial charge in [0, 0.05) is 26.9 Å². The van der Waals surface area contributed by atoms with Crippen molar-refractivity contribution in [3.8, 4) is 0 Å². The van der Waals surface area contributed by atoms with Crippen LogP contribution in [0.15, 0.2) is 0 Å². The summed E-state index contributed by atoms with van der Waals surface area (Å²) < 4.78 is 20.5. The van der Waals surface area contributed by atoms with Crippen molar-refractivity contribution in [1.29, 1.82) is 0 Å². The van der Waals surface area contributed by atoms with Crippen molar-refractivity contribution in [2.75, 3.05) is 46.4 Å². The van der Waals surface area contributed by atoms with Crippen LogP contribution >= 0.6 is 11.8 Å². The molecule has 4 atom stereocenters. The summed E-state index contributed by atoms with van der Waals surface area (Å²) in [5.74, 6) is -2.11. The number of aliphatic hydroxyl groups is 2. The van der Waals surface area contributed by atoms with Crippen LogP contribution in [0, 0.1) is 0 Å². The number of hydrogen-bond acceptors (Lipinski definition) is 10. The standard InChI is InChI=1S/C15H27NO10S/c1-9(19)16-11(14(20)21)8-27-15(22)26-12(5-18)13(7-24-3)25-10(4-17)6-23-2/h10-13,17-18H,4-8H2,1-3H3,(H,16,19)(H,20,21). The molecule has 0 saturated carbocycles. The molecule has 158 valence electrons. The Balaban J connectivity index is 4.80. The van der Waals surface area contributed by atoms with Crippen LogP contribution in [0.5, 0.6) is 0 Å². The smallest absolute Gasteiger partial charge is 0.367 e. The summed E-state index contributed by atoms with van der Waals surface area (Å²) in [6, 6.07) is -1.26. The number of nitrogens with one attached hydrogen (secondary N) is 1. The van der Waals surface area contributed by atoms with Gasteiger partial charge in [-0.1, -0.05) is 0 Å². The Morgan fingerprint density at radius 3 is 2.11 bits per heavy atom. The highest BCUT2D eigenvalue weighted by Crippen LogP contribution is 2.15. The normalized spacial score (nSPS) is 15.4. The number of rotatable bonds is 14. The maximum absolute atomic E-state index is 12.0. The first kappa shape index (κ1) is 25.6. The third kappa shape index (κ3) is 11.1. The van der Waals surface area contributed by atoms with Gasteiger partial charge in [-0.3, -0.25) is 4.79 Å². The molecule has 0 aliphatic heterocycles. The lowest BCUT2D eigenvalue weighted by Crippen LogP contribution is -2.44. The second-order valence-electron chi connectivity index (χ2n) is 5.38. The van der Waals surface area contributed by atoms with Crippen molar-refractivity contribution in [3.05, 3.63) is 0 Å². The van der Waals surface area contributed by atoms with Crippen molar-refractivity contribution in [1.82, 2.24) is 5.32 Å². The maximum Gasteiger partial charge on any atom is 0.367 e. The largest absolute Gasteiger partial charge is 0.480 e. The second-order valence-corrected chi connectivity index (χ2v) is 6.34. The molecule has 0 spiro atoms. The van der Waals surface area contributed by atoms with Crippen LogP contribution in [0.3, 0.4) is 0 Å². The molecule has 0 heterocycles. The fourth-order valence-corrected chi connectivity index (χ4v) is 2.65. The number of aliphatic carboxylic acids is 1. The summed E-state index contributed by atoms with van der Waals surface area (Å²) >= 11 is 0.531. The molecule has 0 aromatic carbocycles. The Bertz CT molecular complexity index is 464. The molecule has 0 aromatic heterocycles. The summed E-state index contributed by atoms with van der Waals surface area (Å²) in [6.45, 7) is 0.262. The lowest BCUT2D eigenvalue weighted by Gasteiger charge is -2.28. The minimum atomic E-state index is -1.30. The molecule has 0 saturated heterocycles. The van der Waals surface area contributed by atoms with Gasteiger partial charge in [-0.05, 0) is 11.8 Å². The first-order valence-electron chi connectivity index (χ1n) is 7.97. The molecule has 1 amide bonds. The van der Waals surface area contributed by atoms with Gasteiger partial charge >= 0.3 is 11.3 Å². The zero-order chi connectivity index (χ0) is 20.8. The molecule has 0 aliphatic rings. The number of carboxylic acids is 1. The molecular formula is C15H27NO10S. The van der Waals surface area contributed by atoms with Crippen molar-refractivity contribution in [2.24, 2.45) is 0 Å². The van der Waals surface area contributed by atoms with Crippen molar-refractivity contribution in [3.63, 3.8) is 0 Å². The number of thioether (sulfide) groups is 1. The van der Waals surface area contributed by atoms with Crippen LogP contribution < -0.4 is 5.32 Å². The highest BCUT2D eigenvalue weighted by atomic mass is 32.2. The topological polar surface area (TPSA) is 161 Å². The van der Waals surface area contributed by atoms with Gasteiger partial charge in [0.25, 0.3) is 0 Å². The molecule has 0 rings (SSSR count). The molecular weight excluding hydrogens is 386 g/mol. The molecule has 0 aromatic rings. The Morgan fingerprint density at radius 1 is 1.04 bits per heavy atom. The summed E-state index contributed by atoms with van der Waals surface area (Å²) in [5.41, 5.74) is 0. The number of amides is 1. The van der Waals surface area contributed by atoms with E-state index in [4.69, 9.17) is 24.1 Å². The average Bonchev–Trinajstić information content (AvgIpc) is 2.61. The van der Waals surface area contributed by atoms with E-state index in [0.717, 1.165) is 6.92 Å².